The van der Waals surface area contributed by atoms with Crippen molar-refractivity contribution in [3.05, 3.63) is 52.0 Å². The maximum absolute atomic E-state index is 13.9. The van der Waals surface area contributed by atoms with Gasteiger partial charge < -0.3 is 36.0 Å². The summed E-state index contributed by atoms with van der Waals surface area (Å²) in [6.45, 7) is 4.60. The average Bonchev–Trinajstić information content (AvgIpc) is 2.93. The molecule has 0 saturated carbocycles. The Morgan fingerprint density at radius 2 is 1.71 bits per heavy atom. The number of aliphatic hydroxyl groups is 5. The number of piperazine rings is 1. The molecule has 0 aromatic heterocycles. The molecule has 4 aliphatic rings. The lowest BCUT2D eigenvalue weighted by molar-refractivity contribution is -0.152. The normalized spacial score (nSPS) is 32.1. The molecule has 1 saturated heterocycles. The van der Waals surface area contributed by atoms with Gasteiger partial charge in [-0.25, -0.2) is 0 Å². The van der Waals surface area contributed by atoms with Crippen LogP contribution < -0.4 is 5.32 Å². The molecule has 5 atom stereocenters. The summed E-state index contributed by atoms with van der Waals surface area (Å²) >= 11 is 0. The number of benzene rings is 1. The molecule has 5 rings (SSSR count). The van der Waals surface area contributed by atoms with Gasteiger partial charge in [-0.05, 0) is 39.1 Å². The lowest BCUT2D eigenvalue weighted by Gasteiger charge is -2.52. The van der Waals surface area contributed by atoms with Crippen LogP contribution in [0.4, 0.5) is 0 Å². The number of hydrogen-bond donors (Lipinski definition) is 7. The Kier molecular flexibility index (Phi) is 7.71. The number of aliphatic hydroxyl groups excluding tert-OH is 3. The first-order valence-electron chi connectivity index (χ1n) is 14.0. The van der Waals surface area contributed by atoms with Crippen molar-refractivity contribution in [1.29, 1.82) is 0 Å². The summed E-state index contributed by atoms with van der Waals surface area (Å²) in [5, 5.41) is 68.7. The van der Waals surface area contributed by atoms with Gasteiger partial charge in [0, 0.05) is 50.1 Å². The third kappa shape index (κ3) is 4.43. The van der Waals surface area contributed by atoms with Crippen LogP contribution in [0.5, 0.6) is 5.75 Å². The topological polar surface area (TPSA) is 194 Å². The highest BCUT2D eigenvalue weighted by Gasteiger charge is 2.65. The molecule has 1 aromatic rings. The number of likely N-dealkylation sites (N-methyl/N-ethyl adjacent to an activating group) is 1. The fourth-order valence-electron chi connectivity index (χ4n) is 7.07. The molecular formula is C29H38N4O9. The van der Waals surface area contributed by atoms with E-state index >= 15 is 0 Å². The van der Waals surface area contributed by atoms with Crippen LogP contribution in [0.15, 0.2) is 40.9 Å². The van der Waals surface area contributed by atoms with Crippen LogP contribution in [0.2, 0.25) is 0 Å². The molecule has 42 heavy (non-hydrogen) atoms. The molecule has 13 nitrogen and oxygen atoms in total. The number of fused-ring (bicyclic) bond motifs is 3. The summed E-state index contributed by atoms with van der Waals surface area (Å²) in [5.41, 5.74) is -5.80. The van der Waals surface area contributed by atoms with E-state index in [9.17, 15) is 39.9 Å². The zero-order chi connectivity index (χ0) is 30.7. The Bertz CT molecular complexity index is 1380. The highest BCUT2D eigenvalue weighted by atomic mass is 16.3. The van der Waals surface area contributed by atoms with Gasteiger partial charge in [-0.2, -0.15) is 0 Å². The number of Topliss-reactive ketones (excluding diaryl/α,β-unsaturated/α-hetero) is 2. The fraction of sp³-hybridized carbons (Fsp3) is 0.552. The molecule has 0 spiro atoms. The molecule has 1 heterocycles. The second-order valence-corrected chi connectivity index (χ2v) is 11.9. The third-order valence-electron chi connectivity index (χ3n) is 9.35. The Hall–Kier alpha value is -3.33. The maximum atomic E-state index is 13.9. The summed E-state index contributed by atoms with van der Waals surface area (Å²) < 4.78 is 0. The zero-order valence-electron chi connectivity index (χ0n) is 23.9. The number of ketones is 2. The van der Waals surface area contributed by atoms with Gasteiger partial charge in [-0.15, -0.1) is 0 Å². The monoisotopic (exact) mass is 586 g/mol. The van der Waals surface area contributed by atoms with Crippen molar-refractivity contribution in [3.63, 3.8) is 0 Å². The molecule has 13 heteroatoms. The smallest absolute Gasteiger partial charge is 0.259 e. The number of nitrogens with one attached hydrogen (secondary N) is 1. The van der Waals surface area contributed by atoms with Crippen molar-refractivity contribution in [2.75, 3.05) is 60.1 Å². The van der Waals surface area contributed by atoms with E-state index in [1.54, 1.807) is 14.1 Å². The largest absolute Gasteiger partial charge is 0.510 e. The minimum atomic E-state index is -2.76. The third-order valence-corrected chi connectivity index (χ3v) is 9.35. The molecule has 1 amide bonds. The summed E-state index contributed by atoms with van der Waals surface area (Å²) in [7, 11) is 3.15. The number of nitrogens with zero attached hydrogens (tertiary/aromatic N) is 3. The van der Waals surface area contributed by atoms with Gasteiger partial charge in [0.2, 0.25) is 5.78 Å². The first kappa shape index (κ1) is 30.1. The summed E-state index contributed by atoms with van der Waals surface area (Å²) in [4.78, 5) is 46.5. The van der Waals surface area contributed by atoms with E-state index in [1.165, 1.54) is 30.0 Å². The predicted molar refractivity (Wildman–Crippen MR) is 148 cm³/mol. The highest BCUT2D eigenvalue weighted by molar-refractivity contribution is 6.25. The summed E-state index contributed by atoms with van der Waals surface area (Å²) in [5.74, 6) is -7.38. The Balaban J connectivity index is 1.51. The number of hydrogen-bond acceptors (Lipinski definition) is 12. The number of phenolic OH excluding ortho intramolecular Hbond substituents is 1. The van der Waals surface area contributed by atoms with Crippen LogP contribution in [-0.4, -0.2) is 135 Å². The first-order valence-corrected chi connectivity index (χ1v) is 14.0. The number of aromatic hydroxyl groups is 1. The van der Waals surface area contributed by atoms with Gasteiger partial charge in [-0.1, -0.05) is 12.1 Å². The Morgan fingerprint density at radius 3 is 2.33 bits per heavy atom. The van der Waals surface area contributed by atoms with Crippen molar-refractivity contribution in [3.8, 4) is 5.75 Å². The number of carbonyl (C=O) groups excluding carboxylic acids is 3. The summed E-state index contributed by atoms with van der Waals surface area (Å²) in [6, 6.07) is 3.10. The van der Waals surface area contributed by atoms with Crippen LogP contribution in [0.25, 0.3) is 0 Å². The van der Waals surface area contributed by atoms with Crippen molar-refractivity contribution >= 4 is 17.5 Å². The van der Waals surface area contributed by atoms with Gasteiger partial charge in [0.1, 0.15) is 22.8 Å². The van der Waals surface area contributed by atoms with Crippen molar-refractivity contribution < 1.29 is 45.0 Å². The van der Waals surface area contributed by atoms with E-state index in [4.69, 9.17) is 5.11 Å². The van der Waals surface area contributed by atoms with Gasteiger partial charge >= 0.3 is 0 Å². The van der Waals surface area contributed by atoms with Crippen LogP contribution in [-0.2, 0) is 15.2 Å². The number of β-amino-alcohol motifs (C(OH)–C–C–N with tert-alkyl or cyclic N) is 1. The molecule has 7 N–H and O–H groups in total. The number of carbonyl (C=O) groups is 3. The second-order valence-electron chi connectivity index (χ2n) is 11.9. The van der Waals surface area contributed by atoms with Crippen LogP contribution in [0.3, 0.4) is 0 Å². The number of amides is 1. The number of phenols is 1. The molecule has 0 unspecified atom stereocenters. The van der Waals surface area contributed by atoms with Gasteiger partial charge in [0.25, 0.3) is 5.91 Å². The van der Waals surface area contributed by atoms with Crippen molar-refractivity contribution in [2.45, 2.75) is 30.6 Å². The Labute approximate surface area is 243 Å². The lowest BCUT2D eigenvalue weighted by Crippen LogP contribution is -2.65. The molecule has 1 aromatic carbocycles. The van der Waals surface area contributed by atoms with E-state index in [1.807, 2.05) is 4.90 Å². The lowest BCUT2D eigenvalue weighted by atomic mass is 9.55. The minimum Gasteiger partial charge on any atom is -0.510 e. The van der Waals surface area contributed by atoms with Crippen LogP contribution in [0, 0.1) is 11.8 Å². The highest BCUT2D eigenvalue weighted by Crippen LogP contribution is 2.56. The minimum absolute atomic E-state index is 0.0454. The maximum Gasteiger partial charge on any atom is 0.259 e. The van der Waals surface area contributed by atoms with Crippen molar-refractivity contribution in [2.24, 2.45) is 11.8 Å². The van der Waals surface area contributed by atoms with Crippen molar-refractivity contribution in [1.82, 2.24) is 20.0 Å². The second kappa shape index (κ2) is 10.7. The zero-order valence-corrected chi connectivity index (χ0v) is 23.9. The van der Waals surface area contributed by atoms with E-state index < -0.39 is 75.0 Å². The summed E-state index contributed by atoms with van der Waals surface area (Å²) in [6.07, 6.45) is -0.199. The molecule has 3 aliphatic carbocycles. The SMILES string of the molecule is CN(C)[C@@H]1C(O)=C(C(=O)NCN2CCN(CCO)CC2)C(=O)[C@@]2(O)C(O)=C3C(=O)c4c(O)cccc4[C@@](C)(O)[C@H]3C[C@H]12. The molecule has 0 bridgehead atoms. The molecule has 1 aliphatic heterocycles. The average molecular weight is 587 g/mol. The molecule has 1 fully saturated rings. The van der Waals surface area contributed by atoms with E-state index in [0.717, 1.165) is 0 Å². The quantitative estimate of drug-likeness (QED) is 0.201. The van der Waals surface area contributed by atoms with Gasteiger partial charge in [-0.3, -0.25) is 29.1 Å². The molecular weight excluding hydrogens is 548 g/mol. The van der Waals surface area contributed by atoms with Crippen LogP contribution >= 0.6 is 0 Å². The van der Waals surface area contributed by atoms with Gasteiger partial charge in [0.05, 0.1) is 30.5 Å². The molecule has 228 valence electrons. The van der Waals surface area contributed by atoms with E-state index in [-0.39, 0.29) is 30.8 Å². The van der Waals surface area contributed by atoms with E-state index in [2.05, 4.69) is 10.2 Å². The Morgan fingerprint density at radius 1 is 1.07 bits per heavy atom. The first-order chi connectivity index (χ1) is 19.8. The standard InChI is InChI=1S/C29H38N4O9/c1-28(41)15-5-4-6-18(35)19(15)23(36)20-16(28)13-17-22(31(2)3)24(37)21(26(39)29(17,42)25(20)38)27(40)30-14-33-9-7-32(8-10-33)11-12-34/h4-6,16-17,22,34-35,37-38,41-42H,7-14H2,1-3H3,(H,30,40)/t16-,17+,22-,28+,29-/m0/s1. The fourth-order valence-corrected chi connectivity index (χ4v) is 7.07. The molecule has 0 radical (unpaired) electrons. The van der Waals surface area contributed by atoms with E-state index in [0.29, 0.717) is 32.7 Å². The predicted octanol–water partition coefficient (Wildman–Crippen LogP) is -1.02. The van der Waals surface area contributed by atoms with Gasteiger partial charge in [0.15, 0.2) is 11.4 Å². The number of rotatable bonds is 6. The van der Waals surface area contributed by atoms with Crippen LogP contribution in [0.1, 0.15) is 29.3 Å².